The number of allylic oxidation sites excluding steroid dienone is 2. The van der Waals surface area contributed by atoms with E-state index in [0.29, 0.717) is 5.69 Å². The molecule has 3 aromatic rings. The SMILES string of the molecule is Cc1cccc(C)c1NS(=O)(=O)c1ccc2c(c1)[C@H]1C=CC[C@H]1[C@@H](c1ccccc1Cl)N2. The van der Waals surface area contributed by atoms with Gasteiger partial charge in [-0.2, -0.15) is 0 Å². The number of para-hydroxylation sites is 1. The number of rotatable bonds is 4. The van der Waals surface area contributed by atoms with E-state index in [-0.39, 0.29) is 22.8 Å². The zero-order valence-corrected chi connectivity index (χ0v) is 19.5. The maximum atomic E-state index is 13.2. The Morgan fingerprint density at radius 1 is 0.969 bits per heavy atom. The highest BCUT2D eigenvalue weighted by molar-refractivity contribution is 7.92. The monoisotopic (exact) mass is 464 g/mol. The van der Waals surface area contributed by atoms with Crippen molar-refractivity contribution in [3.63, 3.8) is 0 Å². The van der Waals surface area contributed by atoms with Crippen LogP contribution in [0.15, 0.2) is 77.7 Å². The summed E-state index contributed by atoms with van der Waals surface area (Å²) in [4.78, 5) is 0.274. The summed E-state index contributed by atoms with van der Waals surface area (Å²) in [5, 5.41) is 4.38. The predicted molar refractivity (Wildman–Crippen MR) is 131 cm³/mol. The molecule has 164 valence electrons. The molecule has 0 spiro atoms. The third kappa shape index (κ3) is 3.59. The number of hydrogen-bond donors (Lipinski definition) is 2. The zero-order chi connectivity index (χ0) is 22.5. The van der Waals surface area contributed by atoms with E-state index in [1.165, 1.54) is 0 Å². The minimum atomic E-state index is -3.72. The van der Waals surface area contributed by atoms with Crippen LogP contribution in [0, 0.1) is 19.8 Å². The maximum absolute atomic E-state index is 13.2. The number of aryl methyl sites for hydroxylation is 2. The molecule has 1 aliphatic heterocycles. The molecule has 0 amide bonds. The zero-order valence-electron chi connectivity index (χ0n) is 18.0. The minimum Gasteiger partial charge on any atom is -0.378 e. The Bertz CT molecular complexity index is 1310. The Morgan fingerprint density at radius 3 is 2.47 bits per heavy atom. The largest absolute Gasteiger partial charge is 0.378 e. The standard InChI is InChI=1S/C26H25ClN2O2S/c1-16-7-5-8-17(2)25(16)29-32(30,31)18-13-14-24-22(15-18)19-10-6-11-20(19)26(28-24)21-9-3-4-12-23(21)27/h3-10,12-15,19-20,26,28-29H,11H2,1-2H3/t19-,20+,26-/m0/s1. The summed E-state index contributed by atoms with van der Waals surface area (Å²) < 4.78 is 29.3. The van der Waals surface area contributed by atoms with Gasteiger partial charge in [-0.15, -0.1) is 0 Å². The van der Waals surface area contributed by atoms with Gasteiger partial charge in [-0.1, -0.05) is 60.2 Å². The van der Waals surface area contributed by atoms with Crippen LogP contribution in [0.1, 0.15) is 40.6 Å². The predicted octanol–water partition coefficient (Wildman–Crippen LogP) is 6.58. The first-order chi connectivity index (χ1) is 15.3. The number of anilines is 2. The average Bonchev–Trinajstić information content (AvgIpc) is 3.26. The molecular formula is C26H25ClN2O2S. The maximum Gasteiger partial charge on any atom is 0.261 e. The van der Waals surface area contributed by atoms with Gasteiger partial charge in [0.05, 0.1) is 16.6 Å². The Labute approximate surface area is 194 Å². The van der Waals surface area contributed by atoms with Crippen LogP contribution in [0.4, 0.5) is 11.4 Å². The van der Waals surface area contributed by atoms with Crippen LogP contribution in [-0.2, 0) is 10.0 Å². The normalized spacial score (nSPS) is 21.5. The topological polar surface area (TPSA) is 58.2 Å². The fraction of sp³-hybridized carbons (Fsp3) is 0.231. The summed E-state index contributed by atoms with van der Waals surface area (Å²) in [6.45, 7) is 3.81. The number of halogens is 1. The second-order valence-corrected chi connectivity index (χ2v) is 10.7. The fourth-order valence-corrected chi connectivity index (χ4v) is 6.43. The molecule has 6 heteroatoms. The lowest BCUT2D eigenvalue weighted by molar-refractivity contribution is 0.425. The number of hydrogen-bond acceptors (Lipinski definition) is 3. The smallest absolute Gasteiger partial charge is 0.261 e. The van der Waals surface area contributed by atoms with Crippen molar-refractivity contribution < 1.29 is 8.42 Å². The van der Waals surface area contributed by atoms with Gasteiger partial charge in [-0.05, 0) is 72.7 Å². The summed E-state index contributed by atoms with van der Waals surface area (Å²) in [7, 11) is -3.72. The molecule has 4 nitrogen and oxygen atoms in total. The van der Waals surface area contributed by atoms with Crippen molar-refractivity contribution in [1.82, 2.24) is 0 Å². The van der Waals surface area contributed by atoms with Crippen LogP contribution in [-0.4, -0.2) is 8.42 Å². The van der Waals surface area contributed by atoms with Crippen molar-refractivity contribution in [2.45, 2.75) is 37.1 Å². The van der Waals surface area contributed by atoms with E-state index in [2.05, 4.69) is 28.3 Å². The van der Waals surface area contributed by atoms with Crippen LogP contribution in [0.3, 0.4) is 0 Å². The highest BCUT2D eigenvalue weighted by Gasteiger charge is 2.39. The van der Waals surface area contributed by atoms with Crippen LogP contribution >= 0.6 is 11.6 Å². The lowest BCUT2D eigenvalue weighted by Crippen LogP contribution is -2.29. The van der Waals surface area contributed by atoms with E-state index in [0.717, 1.165) is 39.4 Å². The molecule has 0 saturated heterocycles. The summed E-state index contributed by atoms with van der Waals surface area (Å²) >= 11 is 6.51. The van der Waals surface area contributed by atoms with E-state index in [4.69, 9.17) is 11.6 Å². The number of nitrogens with one attached hydrogen (secondary N) is 2. The molecule has 3 atom stereocenters. The highest BCUT2D eigenvalue weighted by atomic mass is 35.5. The van der Waals surface area contributed by atoms with Gasteiger partial charge in [0.25, 0.3) is 10.0 Å². The van der Waals surface area contributed by atoms with E-state index in [9.17, 15) is 8.42 Å². The summed E-state index contributed by atoms with van der Waals surface area (Å²) in [6.07, 6.45) is 5.31. The van der Waals surface area contributed by atoms with Crippen LogP contribution < -0.4 is 10.0 Å². The van der Waals surface area contributed by atoms with Gasteiger partial charge in [-0.3, -0.25) is 4.72 Å². The summed E-state index contributed by atoms with van der Waals surface area (Å²) in [5.41, 5.74) is 5.47. The van der Waals surface area contributed by atoms with Crippen LogP contribution in [0.25, 0.3) is 0 Å². The number of sulfonamides is 1. The van der Waals surface area contributed by atoms with Gasteiger partial charge in [-0.25, -0.2) is 8.42 Å². The molecule has 5 rings (SSSR count). The Kier molecular flexibility index (Phi) is 5.26. The van der Waals surface area contributed by atoms with Crippen LogP contribution in [0.2, 0.25) is 5.02 Å². The molecule has 0 bridgehead atoms. The van der Waals surface area contributed by atoms with Gasteiger partial charge in [0.15, 0.2) is 0 Å². The number of fused-ring (bicyclic) bond motifs is 3. The third-order valence-electron chi connectivity index (χ3n) is 6.60. The van der Waals surface area contributed by atoms with Crippen molar-refractivity contribution in [3.8, 4) is 0 Å². The molecule has 1 heterocycles. The van der Waals surface area contributed by atoms with Crippen molar-refractivity contribution in [2.24, 2.45) is 5.92 Å². The van der Waals surface area contributed by atoms with E-state index in [1.54, 1.807) is 6.07 Å². The van der Waals surface area contributed by atoms with Gasteiger partial charge < -0.3 is 5.32 Å². The van der Waals surface area contributed by atoms with Gasteiger partial charge in [0.1, 0.15) is 0 Å². The Balaban J connectivity index is 1.52. The lowest BCUT2D eigenvalue weighted by atomic mass is 9.77. The molecule has 3 aromatic carbocycles. The highest BCUT2D eigenvalue weighted by Crippen LogP contribution is 2.51. The molecule has 2 aliphatic rings. The molecule has 1 aliphatic carbocycles. The van der Waals surface area contributed by atoms with E-state index >= 15 is 0 Å². The van der Waals surface area contributed by atoms with Crippen molar-refractivity contribution in [1.29, 1.82) is 0 Å². The first-order valence-electron chi connectivity index (χ1n) is 10.8. The fourth-order valence-electron chi connectivity index (χ4n) is 4.94. The average molecular weight is 465 g/mol. The molecule has 0 fully saturated rings. The lowest BCUT2D eigenvalue weighted by Gasteiger charge is -2.38. The van der Waals surface area contributed by atoms with Crippen LogP contribution in [0.5, 0.6) is 0 Å². The molecule has 0 radical (unpaired) electrons. The van der Waals surface area contributed by atoms with Crippen molar-refractivity contribution >= 4 is 33.0 Å². The second-order valence-electron chi connectivity index (χ2n) is 8.62. The Hall–Kier alpha value is -2.76. The van der Waals surface area contributed by atoms with Crippen molar-refractivity contribution in [2.75, 3.05) is 10.0 Å². The third-order valence-corrected chi connectivity index (χ3v) is 8.29. The first kappa shape index (κ1) is 21.1. The van der Waals surface area contributed by atoms with E-state index in [1.807, 2.05) is 62.4 Å². The van der Waals surface area contributed by atoms with Gasteiger partial charge in [0.2, 0.25) is 0 Å². The number of benzene rings is 3. The molecular weight excluding hydrogens is 440 g/mol. The summed E-state index contributed by atoms with van der Waals surface area (Å²) in [6, 6.07) is 19.1. The molecule has 2 N–H and O–H groups in total. The molecule has 0 saturated carbocycles. The van der Waals surface area contributed by atoms with Crippen molar-refractivity contribution in [3.05, 3.63) is 100 Å². The second kappa shape index (κ2) is 7.98. The van der Waals surface area contributed by atoms with E-state index < -0.39 is 10.0 Å². The quantitative estimate of drug-likeness (QED) is 0.428. The molecule has 0 unspecified atom stereocenters. The van der Waals surface area contributed by atoms with Gasteiger partial charge >= 0.3 is 0 Å². The minimum absolute atomic E-state index is 0.0754. The molecule has 0 aromatic heterocycles. The van der Waals surface area contributed by atoms with Gasteiger partial charge in [0, 0.05) is 16.6 Å². The first-order valence-corrected chi connectivity index (χ1v) is 12.6. The Morgan fingerprint density at radius 2 is 1.72 bits per heavy atom. The molecule has 32 heavy (non-hydrogen) atoms. The summed E-state index contributed by atoms with van der Waals surface area (Å²) in [5.74, 6) is 0.426.